The van der Waals surface area contributed by atoms with E-state index >= 15 is 0 Å². The van der Waals surface area contributed by atoms with E-state index in [-0.39, 0.29) is 5.91 Å². The highest BCUT2D eigenvalue weighted by Crippen LogP contribution is 2.16. The Balaban J connectivity index is 2.13. The third-order valence-electron chi connectivity index (χ3n) is 2.53. The first-order valence-corrected chi connectivity index (χ1v) is 7.38. The van der Waals surface area contributed by atoms with E-state index in [0.717, 1.165) is 0 Å². The van der Waals surface area contributed by atoms with E-state index in [1.54, 1.807) is 43.6 Å². The second-order valence-electron chi connectivity index (χ2n) is 3.88. The molecule has 0 saturated heterocycles. The first kappa shape index (κ1) is 14.6. The minimum absolute atomic E-state index is 0.289. The molecule has 0 atom stereocenters. The molecular formula is C13H13ClN4OS. The normalized spacial score (nSPS) is 10.2. The number of rotatable bonds is 4. The molecule has 0 spiro atoms. The number of amides is 1. The largest absolute Gasteiger partial charge is 0.271 e. The van der Waals surface area contributed by atoms with Gasteiger partial charge in [-0.1, -0.05) is 35.5 Å². The summed E-state index contributed by atoms with van der Waals surface area (Å²) < 4.78 is 0. The van der Waals surface area contributed by atoms with E-state index in [1.165, 1.54) is 16.8 Å². The Kier molecular flexibility index (Phi) is 4.81. The number of nitrogens with zero attached hydrogens (tertiary/aromatic N) is 3. The van der Waals surface area contributed by atoms with Gasteiger partial charge < -0.3 is 0 Å². The molecule has 0 saturated carbocycles. The Hall–Kier alpha value is -1.79. The number of hydrogen-bond acceptors (Lipinski definition) is 5. The minimum Gasteiger partial charge on any atom is -0.271 e. The lowest BCUT2D eigenvalue weighted by atomic mass is 10.2. The molecule has 1 heterocycles. The van der Waals surface area contributed by atoms with Crippen LogP contribution in [0.25, 0.3) is 0 Å². The molecule has 0 radical (unpaired) electrons. The van der Waals surface area contributed by atoms with Gasteiger partial charge in [0, 0.05) is 19.3 Å². The highest BCUT2D eigenvalue weighted by molar-refractivity contribution is 7.98. The second kappa shape index (κ2) is 6.58. The molecule has 104 valence electrons. The number of carbonyl (C=O) groups excluding carboxylic acids is 1. The second-order valence-corrected chi connectivity index (χ2v) is 5.06. The number of thioether (sulfide) groups is 1. The van der Waals surface area contributed by atoms with Crippen molar-refractivity contribution in [1.29, 1.82) is 0 Å². The summed E-state index contributed by atoms with van der Waals surface area (Å²) in [6.07, 6.45) is 3.54. The van der Waals surface area contributed by atoms with Crippen molar-refractivity contribution in [2.24, 2.45) is 0 Å². The number of benzene rings is 1. The van der Waals surface area contributed by atoms with Gasteiger partial charge in [-0.25, -0.2) is 9.97 Å². The van der Waals surface area contributed by atoms with Gasteiger partial charge in [-0.3, -0.25) is 15.2 Å². The lowest BCUT2D eigenvalue weighted by Gasteiger charge is -2.19. The minimum atomic E-state index is -0.289. The Bertz CT molecular complexity index is 623. The molecule has 0 aliphatic heterocycles. The van der Waals surface area contributed by atoms with Crippen LogP contribution in [0, 0.1) is 0 Å². The van der Waals surface area contributed by atoms with Crippen molar-refractivity contribution in [3.05, 3.63) is 47.1 Å². The predicted octanol–water partition coefficient (Wildman–Crippen LogP) is 2.63. The van der Waals surface area contributed by atoms with Crippen LogP contribution in [-0.4, -0.2) is 29.2 Å². The van der Waals surface area contributed by atoms with Crippen LogP contribution in [0.3, 0.4) is 0 Å². The van der Waals surface area contributed by atoms with Crippen molar-refractivity contribution in [3.63, 3.8) is 0 Å². The van der Waals surface area contributed by atoms with Crippen molar-refractivity contribution in [2.45, 2.75) is 5.16 Å². The fraction of sp³-hybridized carbons (Fsp3) is 0.154. The third kappa shape index (κ3) is 3.40. The van der Waals surface area contributed by atoms with E-state index in [9.17, 15) is 4.79 Å². The van der Waals surface area contributed by atoms with Crippen LogP contribution >= 0.6 is 23.4 Å². The topological polar surface area (TPSA) is 58.1 Å². The lowest BCUT2D eigenvalue weighted by Crippen LogP contribution is -2.40. The molecule has 2 aromatic rings. The molecular weight excluding hydrogens is 296 g/mol. The number of nitrogens with one attached hydrogen (secondary N) is 1. The van der Waals surface area contributed by atoms with Crippen LogP contribution in [0.15, 0.2) is 41.7 Å². The molecule has 0 aliphatic rings. The zero-order valence-corrected chi connectivity index (χ0v) is 12.6. The summed E-state index contributed by atoms with van der Waals surface area (Å²) in [5.41, 5.74) is 3.13. The Morgan fingerprint density at radius 3 is 2.80 bits per heavy atom. The van der Waals surface area contributed by atoms with Gasteiger partial charge in [-0.15, -0.1) is 0 Å². The average Bonchev–Trinajstić information content (AvgIpc) is 2.47. The van der Waals surface area contributed by atoms with Crippen molar-refractivity contribution in [1.82, 2.24) is 15.4 Å². The van der Waals surface area contributed by atoms with Crippen molar-refractivity contribution in [2.75, 3.05) is 18.3 Å². The summed E-state index contributed by atoms with van der Waals surface area (Å²) in [5, 5.41) is 2.58. The zero-order valence-electron chi connectivity index (χ0n) is 11.0. The molecule has 1 N–H and O–H groups in total. The van der Waals surface area contributed by atoms with Crippen LogP contribution in [0.2, 0.25) is 5.02 Å². The highest BCUT2D eigenvalue weighted by Gasteiger charge is 2.12. The molecule has 1 aromatic heterocycles. The molecule has 5 nitrogen and oxygen atoms in total. The number of hydrogen-bond donors (Lipinski definition) is 1. The summed E-state index contributed by atoms with van der Waals surface area (Å²) in [5.74, 6) is 0.312. The summed E-state index contributed by atoms with van der Waals surface area (Å²) in [6, 6.07) is 8.59. The maximum atomic E-state index is 12.1. The summed E-state index contributed by atoms with van der Waals surface area (Å²) in [6.45, 7) is 0. The van der Waals surface area contributed by atoms with Gasteiger partial charge >= 0.3 is 0 Å². The van der Waals surface area contributed by atoms with Gasteiger partial charge in [0.25, 0.3) is 5.91 Å². The molecule has 7 heteroatoms. The predicted molar refractivity (Wildman–Crippen MR) is 81.1 cm³/mol. The molecule has 0 bridgehead atoms. The molecule has 0 fully saturated rings. The molecule has 2 rings (SSSR count). The summed E-state index contributed by atoms with van der Waals surface area (Å²) in [4.78, 5) is 20.5. The van der Waals surface area contributed by atoms with E-state index < -0.39 is 0 Å². The number of aromatic nitrogens is 2. The fourth-order valence-electron chi connectivity index (χ4n) is 1.53. The quantitative estimate of drug-likeness (QED) is 0.534. The van der Waals surface area contributed by atoms with E-state index in [4.69, 9.17) is 11.6 Å². The standard InChI is InChI=1S/C13H13ClN4OS/c1-18(11-7-8-15-13(16-11)20-2)17-12(19)9-5-3-4-6-10(9)14/h3-8H,1-2H3,(H,17,19). The van der Waals surface area contributed by atoms with E-state index in [1.807, 2.05) is 6.26 Å². The van der Waals surface area contributed by atoms with Crippen LogP contribution < -0.4 is 10.4 Å². The first-order valence-electron chi connectivity index (χ1n) is 5.78. The number of anilines is 1. The summed E-state index contributed by atoms with van der Waals surface area (Å²) in [7, 11) is 1.71. The highest BCUT2D eigenvalue weighted by atomic mass is 35.5. The van der Waals surface area contributed by atoms with Crippen LogP contribution in [0.5, 0.6) is 0 Å². The lowest BCUT2D eigenvalue weighted by molar-refractivity contribution is 0.0951. The van der Waals surface area contributed by atoms with Gasteiger partial charge in [0.15, 0.2) is 11.0 Å². The molecule has 1 amide bonds. The average molecular weight is 309 g/mol. The summed E-state index contributed by atoms with van der Waals surface area (Å²) >= 11 is 7.42. The van der Waals surface area contributed by atoms with E-state index in [0.29, 0.717) is 21.6 Å². The SMILES string of the molecule is CSc1nccc(N(C)NC(=O)c2ccccc2Cl)n1. The third-order valence-corrected chi connectivity index (χ3v) is 3.42. The zero-order chi connectivity index (χ0) is 14.5. The Labute approximate surface area is 126 Å². The van der Waals surface area contributed by atoms with Gasteiger partial charge in [0.05, 0.1) is 10.6 Å². The van der Waals surface area contributed by atoms with Gasteiger partial charge in [0.2, 0.25) is 0 Å². The maximum Gasteiger partial charge on any atom is 0.271 e. The van der Waals surface area contributed by atoms with Gasteiger partial charge in [-0.2, -0.15) is 0 Å². The van der Waals surface area contributed by atoms with E-state index in [2.05, 4.69) is 15.4 Å². The monoisotopic (exact) mass is 308 g/mol. The van der Waals surface area contributed by atoms with Crippen LogP contribution in [0.4, 0.5) is 5.82 Å². The van der Waals surface area contributed by atoms with Gasteiger partial charge in [-0.05, 0) is 18.4 Å². The number of carbonyl (C=O) groups is 1. The van der Waals surface area contributed by atoms with Crippen LogP contribution in [-0.2, 0) is 0 Å². The number of hydrazine groups is 1. The molecule has 0 unspecified atom stereocenters. The van der Waals surface area contributed by atoms with Crippen LogP contribution in [0.1, 0.15) is 10.4 Å². The smallest absolute Gasteiger partial charge is 0.271 e. The van der Waals surface area contributed by atoms with Crippen molar-refractivity contribution < 1.29 is 4.79 Å². The van der Waals surface area contributed by atoms with Crippen molar-refractivity contribution >= 4 is 35.1 Å². The fourth-order valence-corrected chi connectivity index (χ4v) is 2.10. The Morgan fingerprint density at radius 1 is 1.35 bits per heavy atom. The molecule has 20 heavy (non-hydrogen) atoms. The first-order chi connectivity index (χ1) is 9.61. The number of halogens is 1. The maximum absolute atomic E-state index is 12.1. The van der Waals surface area contributed by atoms with Crippen molar-refractivity contribution in [3.8, 4) is 0 Å². The Morgan fingerprint density at radius 2 is 2.10 bits per heavy atom. The molecule has 0 aliphatic carbocycles. The molecule has 1 aromatic carbocycles. The van der Waals surface area contributed by atoms with Gasteiger partial charge in [0.1, 0.15) is 0 Å².